The summed E-state index contributed by atoms with van der Waals surface area (Å²) in [4.78, 5) is 19.1. The molecule has 3 aromatic rings. The molecule has 2 aliphatic heterocycles. The topological polar surface area (TPSA) is 97.8 Å². The van der Waals surface area contributed by atoms with Gasteiger partial charge in [0.05, 0.1) is 24.7 Å². The minimum atomic E-state index is -3.36. The molecule has 1 saturated carbocycles. The van der Waals surface area contributed by atoms with E-state index in [-0.39, 0.29) is 17.7 Å². The van der Waals surface area contributed by atoms with Gasteiger partial charge in [0.15, 0.2) is 9.84 Å². The highest BCUT2D eigenvalue weighted by Gasteiger charge is 2.29. The van der Waals surface area contributed by atoms with Crippen LogP contribution in [-0.4, -0.2) is 80.0 Å². The van der Waals surface area contributed by atoms with Crippen molar-refractivity contribution in [2.75, 3.05) is 44.4 Å². The summed E-state index contributed by atoms with van der Waals surface area (Å²) in [5, 5.41) is 0.509. The van der Waals surface area contributed by atoms with Gasteiger partial charge in [0.2, 0.25) is 11.8 Å². The van der Waals surface area contributed by atoms with Gasteiger partial charge in [-0.25, -0.2) is 27.8 Å². The number of benzene rings is 1. The van der Waals surface area contributed by atoms with Crippen molar-refractivity contribution in [3.63, 3.8) is 0 Å². The molecule has 232 valence electrons. The number of hydrogen-bond donors (Lipinski definition) is 0. The summed E-state index contributed by atoms with van der Waals surface area (Å²) < 4.78 is 51.6. The molecular weight excluding hydrogens is 569 g/mol. The Morgan fingerprint density at radius 1 is 0.930 bits per heavy atom. The van der Waals surface area contributed by atoms with Crippen molar-refractivity contribution in [1.82, 2.24) is 19.9 Å². The van der Waals surface area contributed by atoms with E-state index >= 15 is 4.39 Å². The van der Waals surface area contributed by atoms with Crippen LogP contribution in [0, 0.1) is 5.82 Å². The fourth-order valence-electron chi connectivity index (χ4n) is 6.89. The van der Waals surface area contributed by atoms with Crippen LogP contribution in [0.5, 0.6) is 11.6 Å². The number of halogens is 1. The minimum absolute atomic E-state index is 0.00749. The number of anilines is 1. The van der Waals surface area contributed by atoms with Crippen LogP contribution in [0.25, 0.3) is 22.2 Å². The van der Waals surface area contributed by atoms with Crippen LogP contribution in [0.4, 0.5) is 10.3 Å². The summed E-state index contributed by atoms with van der Waals surface area (Å²) in [6, 6.07) is 5.21. The van der Waals surface area contributed by atoms with E-state index in [4.69, 9.17) is 19.4 Å². The average Bonchev–Trinajstić information content (AvgIpc) is 3.01. The lowest BCUT2D eigenvalue weighted by Crippen LogP contribution is -2.42. The number of aromatic nitrogens is 3. The van der Waals surface area contributed by atoms with Gasteiger partial charge in [-0.05, 0) is 83.0 Å². The van der Waals surface area contributed by atoms with Crippen LogP contribution < -0.4 is 14.4 Å². The molecule has 1 aliphatic carbocycles. The molecule has 1 aromatic carbocycles. The van der Waals surface area contributed by atoms with Gasteiger partial charge in [-0.15, -0.1) is 0 Å². The Balaban J connectivity index is 1.38. The first-order chi connectivity index (χ1) is 20.8. The number of sulfone groups is 1. The fourth-order valence-corrected chi connectivity index (χ4v) is 7.66. The quantitative estimate of drug-likeness (QED) is 0.325. The van der Waals surface area contributed by atoms with Crippen LogP contribution in [0.1, 0.15) is 69.8 Å². The zero-order chi connectivity index (χ0) is 30.0. The summed E-state index contributed by atoms with van der Waals surface area (Å²) in [5.74, 6) is 0.558. The van der Waals surface area contributed by atoms with Gasteiger partial charge < -0.3 is 19.3 Å². The lowest BCUT2D eigenvalue weighted by Gasteiger charge is -2.38. The normalized spacial score (nSPS) is 22.1. The molecule has 11 heteroatoms. The van der Waals surface area contributed by atoms with Crippen molar-refractivity contribution in [3.8, 4) is 22.9 Å². The molecule has 0 unspecified atom stereocenters. The van der Waals surface area contributed by atoms with E-state index in [0.29, 0.717) is 45.5 Å². The summed E-state index contributed by atoms with van der Waals surface area (Å²) in [6.07, 6.45) is 13.9. The number of ether oxygens (including phenoxy) is 2. The Kier molecular flexibility index (Phi) is 9.00. The molecule has 9 nitrogen and oxygen atoms in total. The molecule has 2 aromatic heterocycles. The molecule has 0 amide bonds. The van der Waals surface area contributed by atoms with E-state index in [0.717, 1.165) is 58.0 Å². The standard InChI is InChI=1S/C32H42FN5O4S/c1-41-31-23(21-43(2,39)40)17-22(20-34-31)29-27-18-24(33)19-28(30(27)36-32(35-29)38-15-7-4-8-16-38)42-26-11-9-25(10-12-26)37-13-5-3-6-14-37/h17-20,25-26H,3-16,21H2,1-2H3. The molecule has 4 heterocycles. The summed E-state index contributed by atoms with van der Waals surface area (Å²) >= 11 is 0. The molecule has 2 saturated heterocycles. The lowest BCUT2D eigenvalue weighted by molar-refractivity contribution is 0.0776. The Morgan fingerprint density at radius 2 is 1.63 bits per heavy atom. The molecule has 6 rings (SSSR count). The van der Waals surface area contributed by atoms with Crippen LogP contribution in [0.3, 0.4) is 0 Å². The van der Waals surface area contributed by atoms with E-state index in [2.05, 4.69) is 14.8 Å². The highest BCUT2D eigenvalue weighted by Crippen LogP contribution is 2.37. The molecule has 3 aliphatic rings. The van der Waals surface area contributed by atoms with Crippen molar-refractivity contribution in [2.45, 2.75) is 82.1 Å². The van der Waals surface area contributed by atoms with Crippen LogP contribution in [-0.2, 0) is 15.6 Å². The highest BCUT2D eigenvalue weighted by molar-refractivity contribution is 7.89. The van der Waals surface area contributed by atoms with Gasteiger partial charge in [-0.1, -0.05) is 6.42 Å². The predicted molar refractivity (Wildman–Crippen MR) is 166 cm³/mol. The number of rotatable bonds is 8. The van der Waals surface area contributed by atoms with Crippen molar-refractivity contribution in [1.29, 1.82) is 0 Å². The number of likely N-dealkylation sites (tertiary alicyclic amines) is 1. The molecule has 0 spiro atoms. The maximum absolute atomic E-state index is 15.3. The number of piperidine rings is 2. The third-order valence-corrected chi connectivity index (χ3v) is 9.85. The third kappa shape index (κ3) is 7.03. The molecule has 0 atom stereocenters. The number of hydrogen-bond acceptors (Lipinski definition) is 9. The first-order valence-electron chi connectivity index (χ1n) is 15.7. The fraction of sp³-hybridized carbons (Fsp3) is 0.594. The summed E-state index contributed by atoms with van der Waals surface area (Å²) in [6.45, 7) is 4.05. The molecule has 0 radical (unpaired) electrons. The van der Waals surface area contributed by atoms with Gasteiger partial charge in [0.25, 0.3) is 0 Å². The minimum Gasteiger partial charge on any atom is -0.488 e. The first kappa shape index (κ1) is 30.0. The number of fused-ring (bicyclic) bond motifs is 1. The smallest absolute Gasteiger partial charge is 0.226 e. The van der Waals surface area contributed by atoms with Crippen molar-refractivity contribution in [2.24, 2.45) is 0 Å². The van der Waals surface area contributed by atoms with Crippen LogP contribution in [0.15, 0.2) is 24.4 Å². The zero-order valence-electron chi connectivity index (χ0n) is 25.2. The van der Waals surface area contributed by atoms with E-state index in [1.54, 1.807) is 12.3 Å². The highest BCUT2D eigenvalue weighted by atomic mass is 32.2. The molecule has 3 fully saturated rings. The molecular formula is C32H42FN5O4S. The maximum Gasteiger partial charge on any atom is 0.226 e. The number of pyridine rings is 1. The Bertz CT molecular complexity index is 1550. The second-order valence-electron chi connectivity index (χ2n) is 12.3. The number of methoxy groups -OCH3 is 1. The summed E-state index contributed by atoms with van der Waals surface area (Å²) in [7, 11) is -1.90. The van der Waals surface area contributed by atoms with Crippen molar-refractivity contribution in [3.05, 3.63) is 35.8 Å². The zero-order valence-corrected chi connectivity index (χ0v) is 26.0. The average molecular weight is 612 g/mol. The van der Waals surface area contributed by atoms with Crippen molar-refractivity contribution >= 4 is 26.7 Å². The predicted octanol–water partition coefficient (Wildman–Crippen LogP) is 5.55. The lowest BCUT2D eigenvalue weighted by atomic mass is 9.90. The van der Waals surface area contributed by atoms with E-state index in [1.165, 1.54) is 57.9 Å². The molecule has 43 heavy (non-hydrogen) atoms. The van der Waals surface area contributed by atoms with Gasteiger partial charge >= 0.3 is 0 Å². The first-order valence-corrected chi connectivity index (χ1v) is 17.7. The maximum atomic E-state index is 15.3. The second kappa shape index (κ2) is 12.9. The largest absolute Gasteiger partial charge is 0.488 e. The Labute approximate surface area is 253 Å². The monoisotopic (exact) mass is 611 g/mol. The molecule has 0 N–H and O–H groups in total. The van der Waals surface area contributed by atoms with Gasteiger partial charge in [-0.2, -0.15) is 0 Å². The van der Waals surface area contributed by atoms with Gasteiger partial charge in [-0.3, -0.25) is 0 Å². The Morgan fingerprint density at radius 3 is 2.30 bits per heavy atom. The van der Waals surface area contributed by atoms with Crippen LogP contribution >= 0.6 is 0 Å². The SMILES string of the molecule is COc1ncc(-c2nc(N3CCCCC3)nc3c(OC4CCC(N5CCCCC5)CC4)cc(F)cc23)cc1CS(C)(=O)=O. The van der Waals surface area contributed by atoms with E-state index in [1.807, 2.05) is 0 Å². The third-order valence-electron chi connectivity index (χ3n) is 9.01. The van der Waals surface area contributed by atoms with Gasteiger partial charge in [0.1, 0.15) is 17.1 Å². The van der Waals surface area contributed by atoms with E-state index in [9.17, 15) is 8.42 Å². The Hall–Kier alpha value is -3.05. The van der Waals surface area contributed by atoms with Crippen molar-refractivity contribution < 1.29 is 22.3 Å². The number of nitrogens with zero attached hydrogens (tertiary/aromatic N) is 5. The second-order valence-corrected chi connectivity index (χ2v) is 14.5. The molecule has 0 bridgehead atoms. The van der Waals surface area contributed by atoms with Gasteiger partial charge in [0, 0.05) is 54.2 Å². The van der Waals surface area contributed by atoms with E-state index < -0.39 is 15.7 Å². The summed E-state index contributed by atoms with van der Waals surface area (Å²) in [5.41, 5.74) is 2.05. The van der Waals surface area contributed by atoms with Crippen LogP contribution in [0.2, 0.25) is 0 Å².